The van der Waals surface area contributed by atoms with E-state index in [0.717, 1.165) is 12.8 Å². The van der Waals surface area contributed by atoms with Crippen LogP contribution in [0.25, 0.3) is 11.1 Å². The molecule has 1 aliphatic rings. The number of hydrogen-bond donors (Lipinski definition) is 0. The molecule has 0 radical (unpaired) electrons. The van der Waals surface area contributed by atoms with Crippen LogP contribution < -0.4 is 0 Å². The third-order valence-electron chi connectivity index (χ3n) is 4.95. The highest BCUT2D eigenvalue weighted by Gasteiger charge is 2.23. The molecule has 25 heavy (non-hydrogen) atoms. The Balaban J connectivity index is 1.59. The summed E-state index contributed by atoms with van der Waals surface area (Å²) in [4.78, 5) is 0. The van der Waals surface area contributed by atoms with Crippen LogP contribution in [0, 0.1) is 0 Å². The summed E-state index contributed by atoms with van der Waals surface area (Å²) >= 11 is 0. The molecule has 2 nitrogen and oxygen atoms in total. The van der Waals surface area contributed by atoms with Crippen LogP contribution >= 0.6 is 0 Å². The second-order valence-corrected chi connectivity index (χ2v) is 6.99. The normalized spacial score (nSPS) is 20.6. The van der Waals surface area contributed by atoms with Crippen LogP contribution in [0.1, 0.15) is 56.8 Å². The summed E-state index contributed by atoms with van der Waals surface area (Å²) in [5.41, 5.74) is 5.14. The third-order valence-corrected chi connectivity index (χ3v) is 4.95. The molecule has 0 aliphatic carbocycles. The van der Waals surface area contributed by atoms with Gasteiger partial charge in [0.25, 0.3) is 0 Å². The fourth-order valence-corrected chi connectivity index (χ4v) is 3.38. The fourth-order valence-electron chi connectivity index (χ4n) is 3.38. The van der Waals surface area contributed by atoms with E-state index in [0.29, 0.717) is 13.2 Å². The van der Waals surface area contributed by atoms with Gasteiger partial charge in [0.05, 0.1) is 19.3 Å². The van der Waals surface area contributed by atoms with Gasteiger partial charge in [-0.15, -0.1) is 0 Å². The first kappa shape index (κ1) is 18.2. The molecular weight excluding hydrogens is 308 g/mol. The Bertz CT molecular complexity index is 622. The Morgan fingerprint density at radius 2 is 1.48 bits per heavy atom. The van der Waals surface area contributed by atoms with Crippen molar-refractivity contribution in [3.05, 3.63) is 59.7 Å². The molecule has 1 aliphatic heterocycles. The smallest absolute Gasteiger partial charge is 0.106 e. The monoisotopic (exact) mass is 338 g/mol. The van der Waals surface area contributed by atoms with Gasteiger partial charge in [0, 0.05) is 0 Å². The fraction of sp³-hybridized carbons (Fsp3) is 0.478. The van der Waals surface area contributed by atoms with Crippen LogP contribution in [0.3, 0.4) is 0 Å². The van der Waals surface area contributed by atoms with Gasteiger partial charge in [-0.1, -0.05) is 81.6 Å². The lowest BCUT2D eigenvalue weighted by molar-refractivity contribution is -0.137. The van der Waals surface area contributed by atoms with Crippen molar-refractivity contribution in [3.63, 3.8) is 0 Å². The molecule has 2 aromatic carbocycles. The van der Waals surface area contributed by atoms with E-state index < -0.39 is 0 Å². The SMILES string of the molecule is CCCC[C@@H]1CO[C@@H](c2ccc(-c3ccc(CCC)cc3)cc2)CO1. The average molecular weight is 338 g/mol. The number of ether oxygens (including phenoxy) is 2. The molecule has 0 saturated carbocycles. The quantitative estimate of drug-likeness (QED) is 0.621. The van der Waals surface area contributed by atoms with Gasteiger partial charge >= 0.3 is 0 Å². The Morgan fingerprint density at radius 3 is 2.04 bits per heavy atom. The van der Waals surface area contributed by atoms with E-state index in [2.05, 4.69) is 62.4 Å². The Kier molecular flexibility index (Phi) is 6.66. The molecule has 1 saturated heterocycles. The predicted molar refractivity (Wildman–Crippen MR) is 104 cm³/mol. The van der Waals surface area contributed by atoms with Crippen molar-refractivity contribution in [1.82, 2.24) is 0 Å². The lowest BCUT2D eigenvalue weighted by atomic mass is 9.99. The molecule has 0 N–H and O–H groups in total. The van der Waals surface area contributed by atoms with Crippen LogP contribution in [0.15, 0.2) is 48.5 Å². The molecule has 2 atom stereocenters. The predicted octanol–water partition coefficient (Wildman–Crippen LogP) is 5.95. The highest BCUT2D eigenvalue weighted by atomic mass is 16.6. The summed E-state index contributed by atoms with van der Waals surface area (Å²) in [6, 6.07) is 17.7. The van der Waals surface area contributed by atoms with E-state index in [1.807, 2.05) is 0 Å². The van der Waals surface area contributed by atoms with Gasteiger partial charge in [-0.2, -0.15) is 0 Å². The summed E-state index contributed by atoms with van der Waals surface area (Å²) in [6.45, 7) is 5.81. The molecule has 3 rings (SSSR count). The summed E-state index contributed by atoms with van der Waals surface area (Å²) in [5.74, 6) is 0. The van der Waals surface area contributed by atoms with Gasteiger partial charge in [-0.05, 0) is 35.1 Å². The van der Waals surface area contributed by atoms with Crippen molar-refractivity contribution >= 4 is 0 Å². The average Bonchev–Trinajstić information content (AvgIpc) is 2.68. The molecule has 2 aromatic rings. The number of benzene rings is 2. The van der Waals surface area contributed by atoms with Crippen molar-refractivity contribution in [2.24, 2.45) is 0 Å². The van der Waals surface area contributed by atoms with E-state index in [9.17, 15) is 0 Å². The molecule has 0 bridgehead atoms. The molecule has 0 amide bonds. The summed E-state index contributed by atoms with van der Waals surface area (Å²) < 4.78 is 12.0. The topological polar surface area (TPSA) is 18.5 Å². The summed E-state index contributed by atoms with van der Waals surface area (Å²) in [5, 5.41) is 0. The minimum absolute atomic E-state index is 0.0684. The second-order valence-electron chi connectivity index (χ2n) is 6.99. The van der Waals surface area contributed by atoms with Crippen LogP contribution in [-0.2, 0) is 15.9 Å². The first-order valence-corrected chi connectivity index (χ1v) is 9.72. The van der Waals surface area contributed by atoms with E-state index in [4.69, 9.17) is 9.47 Å². The number of unbranched alkanes of at least 4 members (excludes halogenated alkanes) is 1. The maximum absolute atomic E-state index is 6.04. The first-order valence-electron chi connectivity index (χ1n) is 9.72. The highest BCUT2D eigenvalue weighted by Crippen LogP contribution is 2.27. The molecular formula is C23H30O2. The van der Waals surface area contributed by atoms with E-state index >= 15 is 0 Å². The van der Waals surface area contributed by atoms with Gasteiger partial charge < -0.3 is 9.47 Å². The van der Waals surface area contributed by atoms with Crippen molar-refractivity contribution in [2.45, 2.75) is 58.2 Å². The molecule has 134 valence electrons. The van der Waals surface area contributed by atoms with Crippen molar-refractivity contribution < 1.29 is 9.47 Å². The van der Waals surface area contributed by atoms with E-state index in [1.54, 1.807) is 0 Å². The second kappa shape index (κ2) is 9.17. The number of aryl methyl sites for hydroxylation is 1. The zero-order chi connectivity index (χ0) is 17.5. The molecule has 0 unspecified atom stereocenters. The Morgan fingerprint density at radius 1 is 0.800 bits per heavy atom. The lowest BCUT2D eigenvalue weighted by Gasteiger charge is -2.30. The zero-order valence-corrected chi connectivity index (χ0v) is 15.5. The van der Waals surface area contributed by atoms with Crippen molar-refractivity contribution in [3.8, 4) is 11.1 Å². The molecule has 1 fully saturated rings. The van der Waals surface area contributed by atoms with E-state index in [1.165, 1.54) is 41.5 Å². The van der Waals surface area contributed by atoms with Crippen LogP contribution in [0.2, 0.25) is 0 Å². The van der Waals surface area contributed by atoms with Crippen molar-refractivity contribution in [1.29, 1.82) is 0 Å². The summed E-state index contributed by atoms with van der Waals surface area (Å²) in [7, 11) is 0. The zero-order valence-electron chi connectivity index (χ0n) is 15.5. The number of hydrogen-bond acceptors (Lipinski definition) is 2. The molecule has 1 heterocycles. The summed E-state index contributed by atoms with van der Waals surface area (Å²) in [6.07, 6.45) is 6.22. The van der Waals surface area contributed by atoms with E-state index in [-0.39, 0.29) is 12.2 Å². The van der Waals surface area contributed by atoms with Crippen LogP contribution in [0.4, 0.5) is 0 Å². The molecule has 0 spiro atoms. The first-order chi connectivity index (χ1) is 12.3. The lowest BCUT2D eigenvalue weighted by Crippen LogP contribution is -2.31. The maximum atomic E-state index is 6.04. The standard InChI is InChI=1S/C23H30O2/c1-3-5-7-22-16-25-23(17-24-22)21-14-12-20(13-15-21)19-10-8-18(6-4-2)9-11-19/h8-15,22-23H,3-7,16-17H2,1-2H3/t22-,23-/m1/s1. The van der Waals surface area contributed by atoms with Gasteiger partial charge in [-0.3, -0.25) is 0 Å². The van der Waals surface area contributed by atoms with Crippen LogP contribution in [-0.4, -0.2) is 19.3 Å². The van der Waals surface area contributed by atoms with Gasteiger partial charge in [0.2, 0.25) is 0 Å². The maximum Gasteiger partial charge on any atom is 0.106 e. The van der Waals surface area contributed by atoms with Gasteiger partial charge in [-0.25, -0.2) is 0 Å². The molecule has 2 heteroatoms. The van der Waals surface area contributed by atoms with Gasteiger partial charge in [0.15, 0.2) is 0 Å². The highest BCUT2D eigenvalue weighted by molar-refractivity contribution is 5.64. The largest absolute Gasteiger partial charge is 0.373 e. The molecule has 0 aromatic heterocycles. The minimum atomic E-state index is 0.0684. The van der Waals surface area contributed by atoms with Crippen LogP contribution in [0.5, 0.6) is 0 Å². The Hall–Kier alpha value is -1.64. The number of rotatable bonds is 7. The minimum Gasteiger partial charge on any atom is -0.373 e. The van der Waals surface area contributed by atoms with Crippen molar-refractivity contribution in [2.75, 3.05) is 13.2 Å². The van der Waals surface area contributed by atoms with Gasteiger partial charge in [0.1, 0.15) is 6.10 Å². The Labute approximate surface area is 152 Å². The third kappa shape index (κ3) is 4.93.